The summed E-state index contributed by atoms with van der Waals surface area (Å²) in [4.78, 5) is 30.3. The van der Waals surface area contributed by atoms with E-state index in [4.69, 9.17) is 9.72 Å². The van der Waals surface area contributed by atoms with Gasteiger partial charge in [-0.3, -0.25) is 9.69 Å². The van der Waals surface area contributed by atoms with E-state index in [1.807, 2.05) is 60.7 Å². The minimum atomic E-state index is -0.213. The monoisotopic (exact) mass is 512 g/mol. The zero-order chi connectivity index (χ0) is 24.7. The van der Waals surface area contributed by atoms with E-state index in [1.165, 1.54) is 11.8 Å². The lowest BCUT2D eigenvalue weighted by Gasteiger charge is -2.30. The summed E-state index contributed by atoms with van der Waals surface area (Å²) in [7, 11) is 0. The fourth-order valence-corrected chi connectivity index (χ4v) is 6.51. The Hall–Kier alpha value is -3.33. The Morgan fingerprint density at radius 2 is 1.75 bits per heavy atom. The fourth-order valence-electron chi connectivity index (χ4n) is 4.45. The maximum Gasteiger partial charge on any atom is 0.241 e. The number of fused-ring (bicyclic) bond motifs is 4. The van der Waals surface area contributed by atoms with Crippen LogP contribution in [0.15, 0.2) is 78.1 Å². The molecule has 0 spiro atoms. The Labute approximate surface area is 217 Å². The maximum atomic E-state index is 13.5. The standard InChI is InChI=1S/C28H24N4O2S2/c1-28(2)14-22-18(15-34-28)13-21-24-25(36-26(21)31-22)27(30-17-29-24)35-16-23(33)32(19-9-5-3-6-10-19)20-11-7-4-8-12-20/h3-13,17H,14-16H2,1-2H3. The number of thioether (sulfide) groups is 1. The third-order valence-electron chi connectivity index (χ3n) is 6.20. The number of rotatable bonds is 5. The van der Waals surface area contributed by atoms with E-state index < -0.39 is 0 Å². The van der Waals surface area contributed by atoms with Gasteiger partial charge in [-0.2, -0.15) is 0 Å². The molecular weight excluding hydrogens is 488 g/mol. The van der Waals surface area contributed by atoms with E-state index in [9.17, 15) is 4.79 Å². The highest BCUT2D eigenvalue weighted by Crippen LogP contribution is 2.39. The molecule has 6 rings (SSSR count). The van der Waals surface area contributed by atoms with Gasteiger partial charge in [0.05, 0.1) is 33.9 Å². The molecule has 0 N–H and O–H groups in total. The molecule has 180 valence electrons. The average Bonchev–Trinajstić information content (AvgIpc) is 3.25. The number of aromatic nitrogens is 3. The number of pyridine rings is 1. The molecule has 0 aliphatic carbocycles. The molecule has 6 nitrogen and oxygen atoms in total. The zero-order valence-electron chi connectivity index (χ0n) is 20.0. The molecule has 0 unspecified atom stereocenters. The van der Waals surface area contributed by atoms with Crippen molar-refractivity contribution in [2.24, 2.45) is 0 Å². The topological polar surface area (TPSA) is 68.2 Å². The summed E-state index contributed by atoms with van der Waals surface area (Å²) in [5.41, 5.74) is 4.54. The number of amides is 1. The summed E-state index contributed by atoms with van der Waals surface area (Å²) in [5.74, 6) is 0.231. The smallest absolute Gasteiger partial charge is 0.241 e. The molecule has 8 heteroatoms. The van der Waals surface area contributed by atoms with Crippen LogP contribution in [-0.2, 0) is 22.6 Å². The fraction of sp³-hybridized carbons (Fsp3) is 0.214. The number of nitrogens with zero attached hydrogens (tertiary/aromatic N) is 4. The molecule has 1 amide bonds. The highest BCUT2D eigenvalue weighted by molar-refractivity contribution is 8.00. The van der Waals surface area contributed by atoms with Crippen LogP contribution >= 0.6 is 23.1 Å². The van der Waals surface area contributed by atoms with Crippen molar-refractivity contribution in [2.75, 3.05) is 10.7 Å². The van der Waals surface area contributed by atoms with Gasteiger partial charge in [-0.15, -0.1) is 11.3 Å². The van der Waals surface area contributed by atoms with Crippen LogP contribution in [0, 0.1) is 0 Å². The van der Waals surface area contributed by atoms with E-state index >= 15 is 0 Å². The molecular formula is C28H24N4O2S2. The summed E-state index contributed by atoms with van der Waals surface area (Å²) in [5, 5.41) is 1.81. The molecule has 0 saturated carbocycles. The van der Waals surface area contributed by atoms with Gasteiger partial charge in [0, 0.05) is 28.7 Å². The summed E-state index contributed by atoms with van der Waals surface area (Å²) in [6, 6.07) is 21.6. The average molecular weight is 513 g/mol. The van der Waals surface area contributed by atoms with Gasteiger partial charge in [0.15, 0.2) is 0 Å². The molecule has 0 saturated heterocycles. The second-order valence-electron chi connectivity index (χ2n) is 9.32. The van der Waals surface area contributed by atoms with Gasteiger partial charge in [0.1, 0.15) is 16.2 Å². The van der Waals surface area contributed by atoms with Crippen LogP contribution in [0.5, 0.6) is 0 Å². The first-order valence-electron chi connectivity index (χ1n) is 11.7. The van der Waals surface area contributed by atoms with Gasteiger partial charge < -0.3 is 4.74 Å². The van der Waals surface area contributed by atoms with Crippen molar-refractivity contribution >= 4 is 60.8 Å². The first kappa shape index (κ1) is 23.1. The molecule has 3 aromatic heterocycles. The van der Waals surface area contributed by atoms with Gasteiger partial charge in [-0.05, 0) is 44.2 Å². The summed E-state index contributed by atoms with van der Waals surface area (Å²) in [6.07, 6.45) is 2.36. The Balaban J connectivity index is 1.32. The molecule has 1 aliphatic heterocycles. The molecule has 0 fully saturated rings. The number of hydrogen-bond acceptors (Lipinski definition) is 7. The van der Waals surface area contributed by atoms with Crippen LogP contribution in [0.3, 0.4) is 0 Å². The van der Waals surface area contributed by atoms with E-state index in [0.29, 0.717) is 6.61 Å². The molecule has 0 atom stereocenters. The SMILES string of the molecule is CC1(C)Cc2nc3sc4c(SCC(=O)N(c5ccccc5)c5ccccc5)ncnc4c3cc2CO1. The van der Waals surface area contributed by atoms with Crippen LogP contribution in [0.2, 0.25) is 0 Å². The van der Waals surface area contributed by atoms with Crippen molar-refractivity contribution in [2.45, 2.75) is 37.5 Å². The van der Waals surface area contributed by atoms with Crippen LogP contribution < -0.4 is 4.90 Å². The number of ether oxygens (including phenoxy) is 1. The summed E-state index contributed by atoms with van der Waals surface area (Å²) < 4.78 is 6.96. The largest absolute Gasteiger partial charge is 0.370 e. The molecule has 0 bridgehead atoms. The predicted octanol–water partition coefficient (Wildman–Crippen LogP) is 6.55. The highest BCUT2D eigenvalue weighted by atomic mass is 32.2. The molecule has 36 heavy (non-hydrogen) atoms. The predicted molar refractivity (Wildman–Crippen MR) is 146 cm³/mol. The zero-order valence-corrected chi connectivity index (χ0v) is 21.6. The molecule has 2 aromatic carbocycles. The minimum absolute atomic E-state index is 0.0155. The molecule has 0 radical (unpaired) electrons. The third kappa shape index (κ3) is 4.36. The third-order valence-corrected chi connectivity index (χ3v) is 8.40. The van der Waals surface area contributed by atoms with E-state index in [-0.39, 0.29) is 17.3 Å². The van der Waals surface area contributed by atoms with E-state index in [0.717, 1.165) is 54.5 Å². The lowest BCUT2D eigenvalue weighted by molar-refractivity contribution is -0.115. The molecule has 1 aliphatic rings. The quantitative estimate of drug-likeness (QED) is 0.197. The number of carbonyl (C=O) groups excluding carboxylic acids is 1. The van der Waals surface area contributed by atoms with Crippen molar-refractivity contribution in [1.29, 1.82) is 0 Å². The minimum Gasteiger partial charge on any atom is -0.370 e. The second kappa shape index (κ2) is 9.28. The van der Waals surface area contributed by atoms with Crippen molar-refractivity contribution in [3.05, 3.63) is 84.3 Å². The van der Waals surface area contributed by atoms with Crippen molar-refractivity contribution in [3.8, 4) is 0 Å². The first-order valence-corrected chi connectivity index (χ1v) is 13.5. The van der Waals surface area contributed by atoms with E-state index in [1.54, 1.807) is 22.6 Å². The van der Waals surface area contributed by atoms with E-state index in [2.05, 4.69) is 29.9 Å². The molecule has 4 heterocycles. The highest BCUT2D eigenvalue weighted by Gasteiger charge is 2.28. The number of benzene rings is 2. The van der Waals surface area contributed by atoms with Crippen molar-refractivity contribution in [1.82, 2.24) is 15.0 Å². The van der Waals surface area contributed by atoms with Gasteiger partial charge in [-0.1, -0.05) is 48.2 Å². The number of thiophene rings is 1. The van der Waals surface area contributed by atoms with Gasteiger partial charge >= 0.3 is 0 Å². The number of hydrogen-bond donors (Lipinski definition) is 0. The Bertz CT molecular complexity index is 1530. The van der Waals surface area contributed by atoms with Gasteiger partial charge in [-0.25, -0.2) is 15.0 Å². The summed E-state index contributed by atoms with van der Waals surface area (Å²) in [6.45, 7) is 4.74. The number of anilines is 2. The van der Waals surface area contributed by atoms with Crippen molar-refractivity contribution in [3.63, 3.8) is 0 Å². The van der Waals surface area contributed by atoms with Crippen LogP contribution in [0.1, 0.15) is 25.1 Å². The molecule has 5 aromatic rings. The number of carbonyl (C=O) groups is 1. The second-order valence-corrected chi connectivity index (χ2v) is 11.3. The van der Waals surface area contributed by atoms with Gasteiger partial charge in [0.25, 0.3) is 0 Å². The lowest BCUT2D eigenvalue weighted by atomic mass is 9.95. The van der Waals surface area contributed by atoms with Crippen LogP contribution in [-0.4, -0.2) is 32.2 Å². The lowest BCUT2D eigenvalue weighted by Crippen LogP contribution is -2.32. The summed E-state index contributed by atoms with van der Waals surface area (Å²) >= 11 is 3.03. The Morgan fingerprint density at radius 1 is 1.06 bits per heavy atom. The Kier molecular flexibility index (Phi) is 5.95. The van der Waals surface area contributed by atoms with Crippen LogP contribution in [0.25, 0.3) is 20.4 Å². The van der Waals surface area contributed by atoms with Crippen LogP contribution in [0.4, 0.5) is 11.4 Å². The van der Waals surface area contributed by atoms with Gasteiger partial charge in [0.2, 0.25) is 5.91 Å². The van der Waals surface area contributed by atoms with Crippen molar-refractivity contribution < 1.29 is 9.53 Å². The number of para-hydroxylation sites is 2. The first-order chi connectivity index (χ1) is 17.5. The normalized spacial score (nSPS) is 14.6. The Morgan fingerprint density at radius 3 is 2.44 bits per heavy atom. The maximum absolute atomic E-state index is 13.5.